The minimum Gasteiger partial charge on any atom is -0.439 e. The number of benzene rings is 1. The lowest BCUT2D eigenvalue weighted by Gasteiger charge is -2.23. The first-order valence-corrected chi connectivity index (χ1v) is 6.85. The van der Waals surface area contributed by atoms with E-state index in [-0.39, 0.29) is 5.41 Å². The zero-order valence-electron chi connectivity index (χ0n) is 12.6. The molecule has 2 N–H and O–H groups in total. The SMILES string of the molecule is Cc1ccc(Oc2cccc(CN)n2)c(C(C)(C)C)c1. The molecule has 1 aromatic carbocycles. The fraction of sp³-hybridized carbons (Fsp3) is 0.353. The van der Waals surface area contributed by atoms with Gasteiger partial charge in [-0.25, -0.2) is 4.98 Å². The smallest absolute Gasteiger partial charge is 0.219 e. The lowest BCUT2D eigenvalue weighted by molar-refractivity contribution is 0.438. The average Bonchev–Trinajstić information content (AvgIpc) is 2.40. The van der Waals surface area contributed by atoms with Gasteiger partial charge in [0.2, 0.25) is 5.88 Å². The number of hydrogen-bond donors (Lipinski definition) is 1. The zero-order chi connectivity index (χ0) is 14.8. The van der Waals surface area contributed by atoms with E-state index in [9.17, 15) is 0 Å². The summed E-state index contributed by atoms with van der Waals surface area (Å²) in [6.45, 7) is 9.04. The number of rotatable bonds is 3. The molecule has 0 spiro atoms. The van der Waals surface area contributed by atoms with Gasteiger partial charge in [0.15, 0.2) is 0 Å². The quantitative estimate of drug-likeness (QED) is 0.919. The van der Waals surface area contributed by atoms with Gasteiger partial charge in [-0.2, -0.15) is 0 Å². The van der Waals surface area contributed by atoms with Crippen LogP contribution in [0, 0.1) is 6.92 Å². The summed E-state index contributed by atoms with van der Waals surface area (Å²) >= 11 is 0. The molecule has 1 aromatic heterocycles. The fourth-order valence-electron chi connectivity index (χ4n) is 2.06. The molecule has 2 aromatic rings. The number of nitrogens with two attached hydrogens (primary N) is 1. The van der Waals surface area contributed by atoms with Crippen molar-refractivity contribution in [3.63, 3.8) is 0 Å². The predicted octanol–water partition coefficient (Wildman–Crippen LogP) is 3.94. The highest BCUT2D eigenvalue weighted by atomic mass is 16.5. The summed E-state index contributed by atoms with van der Waals surface area (Å²) in [6.07, 6.45) is 0. The van der Waals surface area contributed by atoms with Crippen molar-refractivity contribution in [2.75, 3.05) is 0 Å². The zero-order valence-corrected chi connectivity index (χ0v) is 12.6. The molecule has 0 amide bonds. The van der Waals surface area contributed by atoms with Crippen molar-refractivity contribution in [1.82, 2.24) is 4.98 Å². The molecular formula is C17H22N2O. The first kappa shape index (κ1) is 14.5. The van der Waals surface area contributed by atoms with Crippen molar-refractivity contribution in [2.45, 2.75) is 39.7 Å². The van der Waals surface area contributed by atoms with Gasteiger partial charge in [0.25, 0.3) is 0 Å². The van der Waals surface area contributed by atoms with Crippen molar-refractivity contribution in [3.8, 4) is 11.6 Å². The maximum Gasteiger partial charge on any atom is 0.219 e. The third kappa shape index (κ3) is 3.36. The highest BCUT2D eigenvalue weighted by molar-refractivity contribution is 5.43. The van der Waals surface area contributed by atoms with Gasteiger partial charge in [-0.05, 0) is 24.5 Å². The maximum atomic E-state index is 5.97. The Balaban J connectivity index is 2.38. The Morgan fingerprint density at radius 1 is 1.15 bits per heavy atom. The molecule has 3 heteroatoms. The summed E-state index contributed by atoms with van der Waals surface area (Å²) in [5.41, 5.74) is 8.87. The standard InChI is InChI=1S/C17H22N2O/c1-12-8-9-15(14(10-12)17(2,3)4)20-16-7-5-6-13(11-18)19-16/h5-10H,11,18H2,1-4H3. The van der Waals surface area contributed by atoms with Crippen molar-refractivity contribution in [1.29, 1.82) is 0 Å². The molecule has 0 bridgehead atoms. The second-order valence-corrected chi connectivity index (χ2v) is 6.02. The summed E-state index contributed by atoms with van der Waals surface area (Å²) in [6, 6.07) is 11.9. The Labute approximate surface area is 120 Å². The maximum absolute atomic E-state index is 5.97. The molecule has 0 radical (unpaired) electrons. The molecule has 2 rings (SSSR count). The van der Waals surface area contributed by atoms with Crippen LogP contribution < -0.4 is 10.5 Å². The molecule has 1 heterocycles. The van der Waals surface area contributed by atoms with Gasteiger partial charge in [0, 0.05) is 18.2 Å². The molecule has 0 unspecified atom stereocenters. The number of aromatic nitrogens is 1. The van der Waals surface area contributed by atoms with Crippen LogP contribution in [0.5, 0.6) is 11.6 Å². The molecule has 0 aliphatic carbocycles. The number of aryl methyl sites for hydroxylation is 1. The molecule has 0 aliphatic rings. The Kier molecular flexibility index (Phi) is 4.09. The summed E-state index contributed by atoms with van der Waals surface area (Å²) in [7, 11) is 0. The summed E-state index contributed by atoms with van der Waals surface area (Å²) in [5, 5.41) is 0. The predicted molar refractivity (Wildman–Crippen MR) is 82.1 cm³/mol. The minimum atomic E-state index is 0.0207. The lowest BCUT2D eigenvalue weighted by Crippen LogP contribution is -2.13. The molecule has 0 saturated carbocycles. The van der Waals surface area contributed by atoms with Crippen LogP contribution in [0.3, 0.4) is 0 Å². The molecule has 0 aliphatic heterocycles. The van der Waals surface area contributed by atoms with E-state index in [2.05, 4.69) is 44.8 Å². The van der Waals surface area contributed by atoms with Crippen molar-refractivity contribution in [2.24, 2.45) is 5.73 Å². The largest absolute Gasteiger partial charge is 0.439 e. The van der Waals surface area contributed by atoms with Crippen LogP contribution in [0.4, 0.5) is 0 Å². The van der Waals surface area contributed by atoms with E-state index in [0.717, 1.165) is 11.4 Å². The van der Waals surface area contributed by atoms with Crippen LogP contribution in [0.25, 0.3) is 0 Å². The first-order chi connectivity index (χ1) is 9.40. The minimum absolute atomic E-state index is 0.0207. The lowest BCUT2D eigenvalue weighted by atomic mass is 9.85. The normalized spacial score (nSPS) is 11.4. The van der Waals surface area contributed by atoms with Crippen molar-refractivity contribution in [3.05, 3.63) is 53.2 Å². The van der Waals surface area contributed by atoms with Crippen molar-refractivity contribution < 1.29 is 4.74 Å². The van der Waals surface area contributed by atoms with Gasteiger partial charge < -0.3 is 10.5 Å². The summed E-state index contributed by atoms with van der Waals surface area (Å²) in [4.78, 5) is 4.38. The third-order valence-corrected chi connectivity index (χ3v) is 3.15. The van der Waals surface area contributed by atoms with Gasteiger partial charge in [0.1, 0.15) is 5.75 Å². The molecular weight excluding hydrogens is 248 g/mol. The Morgan fingerprint density at radius 3 is 2.55 bits per heavy atom. The number of ether oxygens (including phenoxy) is 1. The second kappa shape index (κ2) is 5.63. The average molecular weight is 270 g/mol. The van der Waals surface area contributed by atoms with Gasteiger partial charge >= 0.3 is 0 Å². The van der Waals surface area contributed by atoms with E-state index < -0.39 is 0 Å². The van der Waals surface area contributed by atoms with Crippen LogP contribution in [-0.4, -0.2) is 4.98 Å². The van der Waals surface area contributed by atoms with E-state index in [1.807, 2.05) is 24.3 Å². The second-order valence-electron chi connectivity index (χ2n) is 6.02. The monoisotopic (exact) mass is 270 g/mol. The van der Waals surface area contributed by atoms with E-state index in [0.29, 0.717) is 12.4 Å². The van der Waals surface area contributed by atoms with Crippen LogP contribution in [0.2, 0.25) is 0 Å². The fourth-order valence-corrected chi connectivity index (χ4v) is 2.06. The molecule has 20 heavy (non-hydrogen) atoms. The van der Waals surface area contributed by atoms with Crippen LogP contribution in [0.1, 0.15) is 37.6 Å². The first-order valence-electron chi connectivity index (χ1n) is 6.85. The molecule has 0 saturated heterocycles. The van der Waals surface area contributed by atoms with E-state index >= 15 is 0 Å². The van der Waals surface area contributed by atoms with Gasteiger partial charge in [-0.3, -0.25) is 0 Å². The van der Waals surface area contributed by atoms with Crippen LogP contribution >= 0.6 is 0 Å². The van der Waals surface area contributed by atoms with Gasteiger partial charge in [-0.15, -0.1) is 0 Å². The highest BCUT2D eigenvalue weighted by Gasteiger charge is 2.19. The number of hydrogen-bond acceptors (Lipinski definition) is 3. The van der Waals surface area contributed by atoms with E-state index in [4.69, 9.17) is 10.5 Å². The highest BCUT2D eigenvalue weighted by Crippen LogP contribution is 2.34. The van der Waals surface area contributed by atoms with E-state index in [1.54, 1.807) is 0 Å². The molecule has 106 valence electrons. The molecule has 0 atom stereocenters. The molecule has 3 nitrogen and oxygen atoms in total. The van der Waals surface area contributed by atoms with Gasteiger partial charge in [-0.1, -0.05) is 44.5 Å². The number of pyridine rings is 1. The summed E-state index contributed by atoms with van der Waals surface area (Å²) < 4.78 is 5.97. The topological polar surface area (TPSA) is 48.1 Å². The Bertz CT molecular complexity index is 600. The third-order valence-electron chi connectivity index (χ3n) is 3.15. The molecule has 0 fully saturated rings. The van der Waals surface area contributed by atoms with E-state index in [1.165, 1.54) is 11.1 Å². The Morgan fingerprint density at radius 2 is 1.90 bits per heavy atom. The van der Waals surface area contributed by atoms with Crippen LogP contribution in [-0.2, 0) is 12.0 Å². The number of nitrogens with zero attached hydrogens (tertiary/aromatic N) is 1. The Hall–Kier alpha value is -1.87. The van der Waals surface area contributed by atoms with Crippen LogP contribution in [0.15, 0.2) is 36.4 Å². The van der Waals surface area contributed by atoms with Crippen molar-refractivity contribution >= 4 is 0 Å². The van der Waals surface area contributed by atoms with Gasteiger partial charge in [0.05, 0.1) is 5.69 Å². The summed E-state index contributed by atoms with van der Waals surface area (Å²) in [5.74, 6) is 1.44.